The van der Waals surface area contributed by atoms with Crippen molar-refractivity contribution in [3.8, 4) is 17.0 Å². The third-order valence-electron chi connectivity index (χ3n) is 5.92. The van der Waals surface area contributed by atoms with Gasteiger partial charge in [0.2, 0.25) is 5.88 Å². The molecule has 11 nitrogen and oxygen atoms in total. The van der Waals surface area contributed by atoms with Crippen LogP contribution in [0.1, 0.15) is 23.7 Å². The molecule has 0 aliphatic carbocycles. The van der Waals surface area contributed by atoms with Crippen LogP contribution in [0.5, 0.6) is 5.88 Å². The van der Waals surface area contributed by atoms with Crippen LogP contribution in [0.4, 0.5) is 26.3 Å². The zero-order valence-electron chi connectivity index (χ0n) is 22.2. The van der Waals surface area contributed by atoms with Crippen molar-refractivity contribution < 1.29 is 50.9 Å². The Balaban J connectivity index is 0.000000303. The first kappa shape index (κ1) is 32.7. The van der Waals surface area contributed by atoms with E-state index in [1.165, 1.54) is 0 Å². The van der Waals surface area contributed by atoms with Crippen molar-refractivity contribution >= 4 is 17.6 Å². The molecule has 4 aromatic rings. The van der Waals surface area contributed by atoms with E-state index in [1.54, 1.807) is 25.7 Å². The fourth-order valence-corrected chi connectivity index (χ4v) is 3.94. The highest BCUT2D eigenvalue weighted by Crippen LogP contribution is 2.28. The number of carboxylic acids is 2. The second-order valence-corrected chi connectivity index (χ2v) is 8.92. The third-order valence-corrected chi connectivity index (χ3v) is 5.92. The first-order valence-electron chi connectivity index (χ1n) is 12.3. The number of methoxy groups -OCH3 is 1. The van der Waals surface area contributed by atoms with E-state index in [2.05, 4.69) is 27.0 Å². The number of rotatable bonds is 5. The van der Waals surface area contributed by atoms with Gasteiger partial charge in [0.1, 0.15) is 0 Å². The normalized spacial score (nSPS) is 15.2. The Morgan fingerprint density at radius 3 is 2.16 bits per heavy atom. The number of fused-ring (bicyclic) bond motifs is 1. The SMILES string of the molecule is COc1ncccc1CN1CCC(c2nc3ccc(-c4ccncc4)cn3n2)C1.O=C(O)C(F)(F)F.O=C(O)C(F)(F)F. The molecule has 1 unspecified atom stereocenters. The van der Waals surface area contributed by atoms with Gasteiger partial charge in [-0.05, 0) is 48.9 Å². The number of hydrogen-bond acceptors (Lipinski definition) is 8. The van der Waals surface area contributed by atoms with E-state index in [1.807, 2.05) is 35.0 Å². The summed E-state index contributed by atoms with van der Waals surface area (Å²) in [5.74, 6) is -3.56. The van der Waals surface area contributed by atoms with Crippen molar-refractivity contribution in [1.82, 2.24) is 29.5 Å². The maximum atomic E-state index is 10.6. The Kier molecular flexibility index (Phi) is 10.6. The Bertz CT molecular complexity index is 1510. The minimum atomic E-state index is -5.08. The summed E-state index contributed by atoms with van der Waals surface area (Å²) in [6.07, 6.45) is -1.71. The van der Waals surface area contributed by atoms with Crippen LogP contribution in [0, 0.1) is 0 Å². The molecule has 1 saturated heterocycles. The number of carbonyl (C=O) groups is 2. The molecule has 17 heteroatoms. The lowest BCUT2D eigenvalue weighted by atomic mass is 10.1. The summed E-state index contributed by atoms with van der Waals surface area (Å²) in [7, 11) is 1.67. The summed E-state index contributed by atoms with van der Waals surface area (Å²) in [6, 6.07) is 12.1. The van der Waals surface area contributed by atoms with Crippen LogP contribution in [0.15, 0.2) is 61.2 Å². The van der Waals surface area contributed by atoms with Crippen molar-refractivity contribution in [3.05, 3.63) is 72.6 Å². The molecule has 0 bridgehead atoms. The van der Waals surface area contributed by atoms with E-state index in [-0.39, 0.29) is 0 Å². The van der Waals surface area contributed by atoms with Gasteiger partial charge in [-0.3, -0.25) is 9.88 Å². The highest BCUT2D eigenvalue weighted by Gasteiger charge is 2.39. The molecular formula is C26H24F6N6O5. The Morgan fingerprint density at radius 1 is 0.953 bits per heavy atom. The first-order valence-corrected chi connectivity index (χ1v) is 12.3. The average molecular weight is 615 g/mol. The van der Waals surface area contributed by atoms with Gasteiger partial charge in [0.15, 0.2) is 11.5 Å². The Hall–Kier alpha value is -4.80. The summed E-state index contributed by atoms with van der Waals surface area (Å²) in [5, 5.41) is 19.0. The molecule has 1 aliphatic rings. The second kappa shape index (κ2) is 13.9. The number of aliphatic carboxylic acids is 2. The summed E-state index contributed by atoms with van der Waals surface area (Å²) in [4.78, 5) is 33.4. The molecule has 1 atom stereocenters. The van der Waals surface area contributed by atoms with Crippen LogP contribution in [-0.4, -0.2) is 84.2 Å². The number of pyridine rings is 3. The van der Waals surface area contributed by atoms with Gasteiger partial charge in [-0.25, -0.2) is 24.1 Å². The fraction of sp³-hybridized carbons (Fsp3) is 0.308. The van der Waals surface area contributed by atoms with E-state index in [0.29, 0.717) is 11.8 Å². The zero-order valence-corrected chi connectivity index (χ0v) is 22.2. The maximum Gasteiger partial charge on any atom is 0.490 e. The van der Waals surface area contributed by atoms with Crippen molar-refractivity contribution in [1.29, 1.82) is 0 Å². The summed E-state index contributed by atoms with van der Waals surface area (Å²) >= 11 is 0. The average Bonchev–Trinajstić information content (AvgIpc) is 3.60. The number of likely N-dealkylation sites (tertiary alicyclic amines) is 1. The van der Waals surface area contributed by atoms with Crippen molar-refractivity contribution in [2.45, 2.75) is 31.2 Å². The van der Waals surface area contributed by atoms with E-state index in [0.717, 1.165) is 54.2 Å². The summed E-state index contributed by atoms with van der Waals surface area (Å²) in [6.45, 7) is 2.78. The molecule has 43 heavy (non-hydrogen) atoms. The molecule has 5 heterocycles. The highest BCUT2D eigenvalue weighted by atomic mass is 19.4. The number of alkyl halides is 6. The second-order valence-electron chi connectivity index (χ2n) is 8.92. The van der Waals surface area contributed by atoms with Crippen LogP contribution in [0.2, 0.25) is 0 Å². The van der Waals surface area contributed by atoms with Gasteiger partial charge in [0.25, 0.3) is 0 Å². The van der Waals surface area contributed by atoms with Crippen molar-refractivity contribution in [2.75, 3.05) is 20.2 Å². The van der Waals surface area contributed by atoms with Gasteiger partial charge >= 0.3 is 24.3 Å². The van der Waals surface area contributed by atoms with Gasteiger partial charge in [0, 0.05) is 54.9 Å². The van der Waals surface area contributed by atoms with E-state index in [9.17, 15) is 26.3 Å². The molecule has 230 valence electrons. The van der Waals surface area contributed by atoms with Crippen LogP contribution < -0.4 is 4.74 Å². The monoisotopic (exact) mass is 614 g/mol. The van der Waals surface area contributed by atoms with Gasteiger partial charge in [-0.15, -0.1) is 0 Å². The number of nitrogens with zero attached hydrogens (tertiary/aromatic N) is 6. The molecule has 1 aliphatic heterocycles. The van der Waals surface area contributed by atoms with E-state index < -0.39 is 24.3 Å². The smallest absolute Gasteiger partial charge is 0.481 e. The highest BCUT2D eigenvalue weighted by molar-refractivity contribution is 5.73. The molecule has 0 radical (unpaired) electrons. The molecule has 2 N–H and O–H groups in total. The number of aromatic nitrogens is 5. The molecule has 0 saturated carbocycles. The largest absolute Gasteiger partial charge is 0.490 e. The quantitative estimate of drug-likeness (QED) is 0.310. The predicted octanol–water partition coefficient (Wildman–Crippen LogP) is 4.45. The fourth-order valence-electron chi connectivity index (χ4n) is 3.94. The summed E-state index contributed by atoms with van der Waals surface area (Å²) in [5.41, 5.74) is 4.22. The lowest BCUT2D eigenvalue weighted by Gasteiger charge is -2.16. The summed E-state index contributed by atoms with van der Waals surface area (Å²) < 4.78 is 70.7. The molecule has 0 amide bonds. The molecule has 5 rings (SSSR count). The third kappa shape index (κ3) is 9.35. The Morgan fingerprint density at radius 2 is 1.58 bits per heavy atom. The molecule has 4 aromatic heterocycles. The number of hydrogen-bond donors (Lipinski definition) is 2. The molecule has 0 aromatic carbocycles. The van der Waals surface area contributed by atoms with Crippen LogP contribution in [0.25, 0.3) is 16.8 Å². The molecule has 1 fully saturated rings. The standard InChI is InChI=1S/C22H22N6O.2C2HF3O2/c1-29-22-19(3-2-9-24-22)14-27-12-8-18(13-27)21-25-20-5-4-17(15-28(20)26-21)16-6-10-23-11-7-16;2*3-2(4,5)1(6)7/h2-7,9-11,15,18H,8,12-14H2,1H3;2*(H,6,7). The van der Waals surface area contributed by atoms with Gasteiger partial charge < -0.3 is 14.9 Å². The van der Waals surface area contributed by atoms with Crippen molar-refractivity contribution in [2.24, 2.45) is 0 Å². The minimum absolute atomic E-state index is 0.335. The van der Waals surface area contributed by atoms with Crippen molar-refractivity contribution in [3.63, 3.8) is 0 Å². The number of carboxylic acid groups (broad SMARTS) is 2. The molecule has 0 spiro atoms. The minimum Gasteiger partial charge on any atom is -0.481 e. The van der Waals surface area contributed by atoms with Crippen LogP contribution >= 0.6 is 0 Å². The van der Waals surface area contributed by atoms with E-state index in [4.69, 9.17) is 34.6 Å². The van der Waals surface area contributed by atoms with Gasteiger partial charge in [-0.1, -0.05) is 6.07 Å². The lowest BCUT2D eigenvalue weighted by Crippen LogP contribution is -2.21. The van der Waals surface area contributed by atoms with Crippen LogP contribution in [0.3, 0.4) is 0 Å². The number of halogens is 6. The van der Waals surface area contributed by atoms with Gasteiger partial charge in [0.05, 0.1) is 7.11 Å². The van der Waals surface area contributed by atoms with E-state index >= 15 is 0 Å². The Labute approximate surface area is 239 Å². The maximum absolute atomic E-state index is 10.6. The van der Waals surface area contributed by atoms with Crippen LogP contribution in [-0.2, 0) is 16.1 Å². The first-order chi connectivity index (χ1) is 20.2. The lowest BCUT2D eigenvalue weighted by molar-refractivity contribution is -0.193. The number of ether oxygens (including phenoxy) is 1. The zero-order chi connectivity index (χ0) is 31.8. The topological polar surface area (TPSA) is 143 Å². The van der Waals surface area contributed by atoms with Gasteiger partial charge in [-0.2, -0.15) is 31.4 Å². The molecular weight excluding hydrogens is 590 g/mol. The predicted molar refractivity (Wildman–Crippen MR) is 137 cm³/mol.